The Bertz CT molecular complexity index is 1840. The zero-order valence-electron chi connectivity index (χ0n) is 66.1. The van der Waals surface area contributed by atoms with Gasteiger partial charge in [0, 0.05) is 57.5 Å². The zero-order valence-corrected chi connectivity index (χ0v) is 66.1. The second kappa shape index (κ2) is 78.5. The summed E-state index contributed by atoms with van der Waals surface area (Å²) in [6, 6.07) is -0.633. The number of ether oxygens (including phenoxy) is 23. The Kier molecular flexibility index (Phi) is 76.5. The molecule has 2 amide bonds. The van der Waals surface area contributed by atoms with Gasteiger partial charge in [0.2, 0.25) is 11.8 Å². The van der Waals surface area contributed by atoms with Gasteiger partial charge in [-0.2, -0.15) is 0 Å². The van der Waals surface area contributed by atoms with Crippen molar-refractivity contribution in [1.82, 2.24) is 10.6 Å². The summed E-state index contributed by atoms with van der Waals surface area (Å²) in [6.07, 6.45) is 7.21. The van der Waals surface area contributed by atoms with E-state index in [4.69, 9.17) is 109 Å². The van der Waals surface area contributed by atoms with Crippen LogP contribution in [0.4, 0.5) is 0 Å². The molecular weight excluding hydrogens is 1360 g/mol. The van der Waals surface area contributed by atoms with Crippen LogP contribution in [-0.2, 0) is 128 Å². The molecule has 0 saturated carbocycles. The molecule has 0 aromatic rings. The van der Waals surface area contributed by atoms with Crippen LogP contribution < -0.4 is 10.6 Å². The third kappa shape index (κ3) is 77.5. The van der Waals surface area contributed by atoms with E-state index in [0.717, 1.165) is 32.1 Å². The number of hydrogen-bond acceptors (Lipinski definition) is 27. The van der Waals surface area contributed by atoms with Crippen LogP contribution in [0.15, 0.2) is 0 Å². The fraction of sp³-hybridized carbons (Fsp3) is 0.947. The predicted molar refractivity (Wildman–Crippen MR) is 393 cm³/mol. The maximum Gasteiger partial charge on any atom is 0.222 e. The van der Waals surface area contributed by atoms with Gasteiger partial charge < -0.3 is 120 Å². The minimum atomic E-state index is -0.633. The summed E-state index contributed by atoms with van der Waals surface area (Å²) in [7, 11) is 1.64. The average Bonchev–Trinajstić information content (AvgIpc) is 0.859. The number of carbonyl (C=O) groups excluding carboxylic acids is 4. The van der Waals surface area contributed by atoms with Crippen LogP contribution >= 0.6 is 0 Å². The second-order valence-corrected chi connectivity index (χ2v) is 26.8. The maximum atomic E-state index is 13.5. The third-order valence-electron chi connectivity index (χ3n) is 14.9. The SMILES string of the molecule is COCCOCCOCCOCCOCCOCCOCCOCCOCCOCCOCCOCCOCCOCCOCCOCCOCCCCCOCCOCCOCCOCCOCCOCCC(=O)NCCCC[C@H](CC(=O)[C@@H](NC(=O)CCCC(C)(C)C)C(C)C)C(=O)C(C)(C)C. The molecule has 0 unspecified atom stereocenters. The molecule has 29 heteroatoms. The van der Waals surface area contributed by atoms with E-state index in [2.05, 4.69) is 31.4 Å². The third-order valence-corrected chi connectivity index (χ3v) is 14.9. The Balaban J connectivity index is 3.36. The van der Waals surface area contributed by atoms with Crippen molar-refractivity contribution in [3.8, 4) is 0 Å². The lowest BCUT2D eigenvalue weighted by Crippen LogP contribution is -2.45. The molecule has 0 fully saturated rings. The number of amides is 2. The first-order valence-corrected chi connectivity index (χ1v) is 38.4. The minimum Gasteiger partial charge on any atom is -0.382 e. The quantitative estimate of drug-likeness (QED) is 0.0623. The van der Waals surface area contributed by atoms with Crippen molar-refractivity contribution in [2.45, 2.75) is 132 Å². The largest absolute Gasteiger partial charge is 0.382 e. The van der Waals surface area contributed by atoms with E-state index in [1.54, 1.807) is 7.11 Å². The van der Waals surface area contributed by atoms with Gasteiger partial charge in [0.05, 0.1) is 290 Å². The Hall–Kier alpha value is -2.64. The normalized spacial score (nSPS) is 12.6. The summed E-state index contributed by atoms with van der Waals surface area (Å²) in [5, 5.41) is 5.88. The maximum absolute atomic E-state index is 13.5. The Labute approximate surface area is 625 Å². The molecule has 0 radical (unpaired) electrons. The molecule has 0 aromatic heterocycles. The van der Waals surface area contributed by atoms with E-state index in [0.29, 0.717) is 323 Å². The van der Waals surface area contributed by atoms with Gasteiger partial charge in [0.25, 0.3) is 0 Å². The van der Waals surface area contributed by atoms with Crippen LogP contribution in [-0.4, -0.2) is 340 Å². The smallest absolute Gasteiger partial charge is 0.222 e. The highest BCUT2D eigenvalue weighted by Gasteiger charge is 2.34. The molecule has 0 spiro atoms. The van der Waals surface area contributed by atoms with E-state index >= 15 is 0 Å². The summed E-state index contributed by atoms with van der Waals surface area (Å²) >= 11 is 0. The van der Waals surface area contributed by atoms with Gasteiger partial charge in [0.1, 0.15) is 5.78 Å². The summed E-state index contributed by atoms with van der Waals surface area (Å²) in [5.74, 6) is -0.858. The number of carbonyl (C=O) groups is 4. The van der Waals surface area contributed by atoms with E-state index in [9.17, 15) is 19.2 Å². The van der Waals surface area contributed by atoms with Crippen LogP contribution in [0.1, 0.15) is 126 Å². The lowest BCUT2D eigenvalue weighted by Gasteiger charge is -2.27. The molecule has 0 aliphatic carbocycles. The van der Waals surface area contributed by atoms with Crippen molar-refractivity contribution in [1.29, 1.82) is 0 Å². The molecule has 2 N–H and O–H groups in total. The number of rotatable bonds is 86. The minimum absolute atomic E-state index is 0.0360. The summed E-state index contributed by atoms with van der Waals surface area (Å²) in [5.41, 5.74) is -0.468. The summed E-state index contributed by atoms with van der Waals surface area (Å²) in [6.45, 7) is 38.7. The Morgan fingerprint density at radius 3 is 0.827 bits per heavy atom. The van der Waals surface area contributed by atoms with Crippen LogP contribution in [0.25, 0.3) is 0 Å². The lowest BCUT2D eigenvalue weighted by atomic mass is 9.77. The first kappa shape index (κ1) is 101. The highest BCUT2D eigenvalue weighted by Crippen LogP contribution is 2.28. The number of methoxy groups -OCH3 is 1. The number of hydrogen-bond donors (Lipinski definition) is 2. The van der Waals surface area contributed by atoms with Crippen molar-refractivity contribution in [2.24, 2.45) is 22.7 Å². The molecule has 29 nitrogen and oxygen atoms in total. The first-order valence-electron chi connectivity index (χ1n) is 38.4. The summed E-state index contributed by atoms with van der Waals surface area (Å²) in [4.78, 5) is 52.1. The van der Waals surface area contributed by atoms with Gasteiger partial charge in [-0.3, -0.25) is 19.2 Å². The first-order chi connectivity index (χ1) is 50.6. The predicted octanol–water partition coefficient (Wildman–Crippen LogP) is 6.39. The second-order valence-electron chi connectivity index (χ2n) is 26.8. The number of nitrogens with one attached hydrogen (secondary N) is 2. The van der Waals surface area contributed by atoms with Gasteiger partial charge >= 0.3 is 0 Å². The van der Waals surface area contributed by atoms with Crippen LogP contribution in [0.2, 0.25) is 0 Å². The molecule has 0 heterocycles. The van der Waals surface area contributed by atoms with Crippen molar-refractivity contribution in [3.05, 3.63) is 0 Å². The number of Topliss-reactive ketones (excluding diaryl/α,β-unsaturated/α-hetero) is 2. The van der Waals surface area contributed by atoms with E-state index in [-0.39, 0.29) is 54.2 Å². The van der Waals surface area contributed by atoms with E-state index in [1.807, 2.05) is 34.6 Å². The molecule has 0 bridgehead atoms. The molecule has 618 valence electrons. The van der Waals surface area contributed by atoms with E-state index < -0.39 is 17.4 Å². The van der Waals surface area contributed by atoms with Crippen LogP contribution in [0.3, 0.4) is 0 Å². The van der Waals surface area contributed by atoms with Gasteiger partial charge in [-0.05, 0) is 56.3 Å². The molecule has 0 rings (SSSR count). The monoisotopic (exact) mass is 1510 g/mol. The van der Waals surface area contributed by atoms with Crippen LogP contribution in [0.5, 0.6) is 0 Å². The van der Waals surface area contributed by atoms with Crippen molar-refractivity contribution < 1.29 is 128 Å². The van der Waals surface area contributed by atoms with Crippen molar-refractivity contribution in [2.75, 3.05) is 311 Å². The van der Waals surface area contributed by atoms with Gasteiger partial charge in [-0.25, -0.2) is 0 Å². The van der Waals surface area contributed by atoms with Crippen molar-refractivity contribution >= 4 is 23.4 Å². The molecule has 0 saturated heterocycles. The van der Waals surface area contributed by atoms with Crippen LogP contribution in [0, 0.1) is 22.7 Å². The molecule has 0 aliphatic rings. The van der Waals surface area contributed by atoms with E-state index in [1.165, 1.54) is 0 Å². The highest BCUT2D eigenvalue weighted by molar-refractivity contribution is 5.94. The zero-order chi connectivity index (χ0) is 76.0. The molecular formula is C75H146N2O27. The van der Waals surface area contributed by atoms with Gasteiger partial charge in [0.15, 0.2) is 5.78 Å². The lowest BCUT2D eigenvalue weighted by molar-refractivity contribution is -0.135. The summed E-state index contributed by atoms with van der Waals surface area (Å²) < 4.78 is 127. The number of ketones is 2. The molecule has 0 aromatic carbocycles. The topological polar surface area (TPSA) is 305 Å². The Morgan fingerprint density at radius 2 is 0.567 bits per heavy atom. The molecule has 0 aliphatic heterocycles. The molecule has 104 heavy (non-hydrogen) atoms. The fourth-order valence-electron chi connectivity index (χ4n) is 9.28. The van der Waals surface area contributed by atoms with Crippen molar-refractivity contribution in [3.63, 3.8) is 0 Å². The Morgan fingerprint density at radius 1 is 0.298 bits per heavy atom. The van der Waals surface area contributed by atoms with Gasteiger partial charge in [-0.15, -0.1) is 0 Å². The highest BCUT2D eigenvalue weighted by atomic mass is 16.6. The standard InChI is InChI=1S/C75H146N2O27/c1-67(2)72(77-71(80)17-15-19-74(3,4)5)69(78)66-68(73(81)75(6,7)8)16-11-12-20-76-70(79)18-23-85-28-31-89-36-39-93-44-42-91-37-34-87-29-26-83-21-13-10-14-22-84-27-30-88-35-38-92-43-45-95-48-49-97-52-53-99-56-57-101-60-61-103-64-65-104-63-62-102-59-58-100-55-54-98-51-50-96-47-46-94-41-40-90-33-32-86-25-24-82-9/h67-68,72H,10-66H2,1-9H3,(H,76,79)(H,77,80)/t68-,72+/m1/s1. The average molecular weight is 1510 g/mol. The van der Waals surface area contributed by atoms with Gasteiger partial charge in [-0.1, -0.05) is 61.8 Å². The number of unbranched alkanes of at least 4 members (excludes halogenated alkanes) is 3. The molecule has 2 atom stereocenters. The fourth-order valence-corrected chi connectivity index (χ4v) is 9.28.